The molecule has 268 valence electrons. The van der Waals surface area contributed by atoms with E-state index in [1.54, 1.807) is 31.3 Å². The predicted octanol–water partition coefficient (Wildman–Crippen LogP) is 10.9. The first-order valence-electron chi connectivity index (χ1n) is 16.9. The van der Waals surface area contributed by atoms with Crippen molar-refractivity contribution in [3.05, 3.63) is 121 Å². The molecule has 0 saturated carbocycles. The second kappa shape index (κ2) is 14.6. The molecular weight excluding hydrogens is 656 g/mol. The number of hydrogen-bond acceptors (Lipinski definition) is 9. The lowest BCUT2D eigenvalue weighted by molar-refractivity contribution is 0.252. The van der Waals surface area contributed by atoms with Gasteiger partial charge in [-0.25, -0.2) is 4.79 Å². The fraction of sp³-hybridized carbons (Fsp3) is 0.244. The molecule has 0 fully saturated rings. The lowest BCUT2D eigenvalue weighted by atomic mass is 9.92. The van der Waals surface area contributed by atoms with E-state index in [9.17, 15) is 0 Å². The van der Waals surface area contributed by atoms with E-state index in [1.165, 1.54) is 4.90 Å². The second-order valence-electron chi connectivity index (χ2n) is 14.4. The largest absolute Gasteiger partial charge is 0.497 e. The average Bonchev–Trinajstić information content (AvgIpc) is 3.83. The summed E-state index contributed by atoms with van der Waals surface area (Å²) in [5.74, 6) is 1.94. The quantitative estimate of drug-likeness (QED) is 0.144. The zero-order valence-electron chi connectivity index (χ0n) is 30.7. The highest BCUT2D eigenvalue weighted by atomic mass is 16.5. The standard InChI is InChI=1S/C41H44N6O5/c1-40(2,3)35-25-37(51-44-35)47(38-26-36(45-52-38)41(4,5)6)39(48)46(31-17-9-27(10-18-31)42-29-13-21-33(49-7)22-14-29)32-19-11-28(12-20-32)43-30-15-23-34(50-8)24-16-30/h9-26,42-43H,1-8H3. The van der Waals surface area contributed by atoms with Crippen LogP contribution >= 0.6 is 0 Å². The third kappa shape index (κ3) is 8.04. The van der Waals surface area contributed by atoms with Crippen molar-refractivity contribution in [2.45, 2.75) is 52.4 Å². The van der Waals surface area contributed by atoms with E-state index in [1.807, 2.05) is 139 Å². The monoisotopic (exact) mass is 700 g/mol. The van der Waals surface area contributed by atoms with Crippen LogP contribution in [0.4, 0.5) is 50.7 Å². The molecule has 0 bridgehead atoms. The Morgan fingerprint density at radius 3 is 1.15 bits per heavy atom. The van der Waals surface area contributed by atoms with E-state index in [0.717, 1.165) is 34.2 Å². The van der Waals surface area contributed by atoms with Crippen molar-refractivity contribution in [1.82, 2.24) is 10.3 Å². The van der Waals surface area contributed by atoms with Gasteiger partial charge >= 0.3 is 6.03 Å². The maximum Gasteiger partial charge on any atom is 0.343 e. The van der Waals surface area contributed by atoms with E-state index in [-0.39, 0.29) is 22.6 Å². The first-order chi connectivity index (χ1) is 24.8. The maximum absolute atomic E-state index is 15.1. The summed E-state index contributed by atoms with van der Waals surface area (Å²) in [4.78, 5) is 18.0. The van der Waals surface area contributed by atoms with Crippen molar-refractivity contribution in [2.75, 3.05) is 34.7 Å². The Balaban J connectivity index is 1.39. The topological polar surface area (TPSA) is 118 Å². The normalized spacial score (nSPS) is 11.5. The lowest BCUT2D eigenvalue weighted by Gasteiger charge is -2.28. The Labute approximate surface area is 304 Å². The number of nitrogens with one attached hydrogen (secondary N) is 2. The zero-order chi connectivity index (χ0) is 37.0. The number of aromatic nitrogens is 2. The first kappa shape index (κ1) is 35.6. The molecule has 11 nitrogen and oxygen atoms in total. The number of carbonyl (C=O) groups is 1. The summed E-state index contributed by atoms with van der Waals surface area (Å²) in [6.45, 7) is 12.2. The van der Waals surface area contributed by atoms with Crippen LogP contribution in [0.1, 0.15) is 52.9 Å². The van der Waals surface area contributed by atoms with Crippen LogP contribution in [0, 0.1) is 0 Å². The summed E-state index contributed by atoms with van der Waals surface area (Å²) >= 11 is 0. The van der Waals surface area contributed by atoms with Gasteiger partial charge in [-0.3, -0.25) is 4.90 Å². The van der Waals surface area contributed by atoms with Crippen LogP contribution < -0.4 is 29.9 Å². The molecule has 0 aliphatic rings. The van der Waals surface area contributed by atoms with Crippen molar-refractivity contribution in [3.8, 4) is 11.5 Å². The van der Waals surface area contributed by atoms with Crippen molar-refractivity contribution in [2.24, 2.45) is 0 Å². The van der Waals surface area contributed by atoms with Gasteiger partial charge in [0.1, 0.15) is 11.5 Å². The Bertz CT molecular complexity index is 1940. The van der Waals surface area contributed by atoms with Gasteiger partial charge in [0.15, 0.2) is 0 Å². The number of anilines is 8. The van der Waals surface area contributed by atoms with Gasteiger partial charge in [-0.2, -0.15) is 4.90 Å². The zero-order valence-corrected chi connectivity index (χ0v) is 30.7. The third-order valence-corrected chi connectivity index (χ3v) is 8.36. The van der Waals surface area contributed by atoms with Crippen LogP contribution in [-0.4, -0.2) is 30.6 Å². The molecule has 0 radical (unpaired) electrons. The fourth-order valence-electron chi connectivity index (χ4n) is 5.29. The van der Waals surface area contributed by atoms with Crippen LogP contribution in [0.25, 0.3) is 0 Å². The highest BCUT2D eigenvalue weighted by Gasteiger charge is 2.34. The number of carbonyl (C=O) groups excluding carboxylic acids is 1. The van der Waals surface area contributed by atoms with E-state index in [0.29, 0.717) is 22.8 Å². The lowest BCUT2D eigenvalue weighted by Crippen LogP contribution is -2.38. The van der Waals surface area contributed by atoms with Crippen LogP contribution in [-0.2, 0) is 10.8 Å². The highest BCUT2D eigenvalue weighted by Crippen LogP contribution is 2.38. The molecule has 2 N–H and O–H groups in total. The van der Waals surface area contributed by atoms with Gasteiger partial charge in [-0.05, 0) is 97.1 Å². The molecule has 0 aliphatic heterocycles. The van der Waals surface area contributed by atoms with Crippen molar-refractivity contribution in [3.63, 3.8) is 0 Å². The van der Waals surface area contributed by atoms with Crippen molar-refractivity contribution < 1.29 is 23.3 Å². The molecular formula is C41H44N6O5. The number of rotatable bonds is 10. The Morgan fingerprint density at radius 2 is 0.865 bits per heavy atom. The average molecular weight is 701 g/mol. The molecule has 0 aliphatic carbocycles. The molecule has 6 aromatic rings. The molecule has 0 unspecified atom stereocenters. The van der Waals surface area contributed by atoms with Crippen LogP contribution in [0.5, 0.6) is 11.5 Å². The summed E-state index contributed by atoms with van der Waals surface area (Å²) < 4.78 is 22.3. The van der Waals surface area contributed by atoms with Gasteiger partial charge < -0.3 is 29.2 Å². The molecule has 11 heteroatoms. The summed E-state index contributed by atoms with van der Waals surface area (Å²) in [5, 5.41) is 15.4. The van der Waals surface area contributed by atoms with E-state index < -0.39 is 6.03 Å². The summed E-state index contributed by atoms with van der Waals surface area (Å²) in [7, 11) is 3.27. The molecule has 2 heterocycles. The first-order valence-corrected chi connectivity index (χ1v) is 16.9. The number of ether oxygens (including phenoxy) is 2. The Kier molecular flexibility index (Phi) is 9.96. The number of hydrogen-bond donors (Lipinski definition) is 2. The number of benzene rings is 4. The van der Waals surface area contributed by atoms with E-state index in [2.05, 4.69) is 20.9 Å². The number of amides is 2. The number of methoxy groups -OCH3 is 2. The Morgan fingerprint density at radius 1 is 0.538 bits per heavy atom. The Hall–Kier alpha value is -6.23. The van der Waals surface area contributed by atoms with Gasteiger partial charge in [0, 0.05) is 45.7 Å². The number of nitrogens with zero attached hydrogens (tertiary/aromatic N) is 4. The molecule has 0 spiro atoms. The fourth-order valence-corrected chi connectivity index (χ4v) is 5.29. The van der Waals surface area contributed by atoms with E-state index >= 15 is 4.79 Å². The van der Waals surface area contributed by atoms with Crippen LogP contribution in [0.2, 0.25) is 0 Å². The van der Waals surface area contributed by atoms with Gasteiger partial charge in [-0.15, -0.1) is 0 Å². The minimum atomic E-state index is -0.458. The van der Waals surface area contributed by atoms with Crippen molar-refractivity contribution >= 4 is 51.9 Å². The molecule has 0 saturated heterocycles. The van der Waals surface area contributed by atoms with E-state index in [4.69, 9.17) is 18.5 Å². The van der Waals surface area contributed by atoms with Gasteiger partial charge in [0.05, 0.1) is 37.0 Å². The van der Waals surface area contributed by atoms with Gasteiger partial charge in [0.2, 0.25) is 11.8 Å². The third-order valence-electron chi connectivity index (χ3n) is 8.36. The van der Waals surface area contributed by atoms with Gasteiger partial charge in [0.25, 0.3) is 0 Å². The smallest absolute Gasteiger partial charge is 0.343 e. The van der Waals surface area contributed by atoms with Crippen LogP contribution in [0.3, 0.4) is 0 Å². The maximum atomic E-state index is 15.1. The predicted molar refractivity (Wildman–Crippen MR) is 206 cm³/mol. The summed E-state index contributed by atoms with van der Waals surface area (Å²) in [6, 6.07) is 33.6. The molecule has 2 amide bonds. The number of urea groups is 1. The van der Waals surface area contributed by atoms with Crippen LogP contribution in [0.15, 0.2) is 118 Å². The molecule has 6 rings (SSSR count). The minimum Gasteiger partial charge on any atom is -0.497 e. The summed E-state index contributed by atoms with van der Waals surface area (Å²) in [6.07, 6.45) is 0. The van der Waals surface area contributed by atoms with Crippen molar-refractivity contribution in [1.29, 1.82) is 0 Å². The molecule has 4 aromatic carbocycles. The molecule has 0 atom stereocenters. The molecule has 52 heavy (non-hydrogen) atoms. The second-order valence-corrected chi connectivity index (χ2v) is 14.4. The SMILES string of the molecule is COc1ccc(Nc2ccc(N(C(=O)N(c3cc(C(C)(C)C)no3)c3cc(C(C)(C)C)no3)c3ccc(Nc4ccc(OC)cc4)cc3)cc2)cc1. The minimum absolute atomic E-state index is 0.201. The summed E-state index contributed by atoms with van der Waals surface area (Å²) in [5.41, 5.74) is 5.41. The molecule has 2 aromatic heterocycles. The van der Waals surface area contributed by atoms with Gasteiger partial charge in [-0.1, -0.05) is 51.9 Å². The highest BCUT2D eigenvalue weighted by molar-refractivity contribution is 6.11.